The van der Waals surface area contributed by atoms with Gasteiger partial charge >= 0.3 is 0 Å². The van der Waals surface area contributed by atoms with Gasteiger partial charge in [0.05, 0.1) is 0 Å². The first-order valence-electron chi connectivity index (χ1n) is 6.17. The quantitative estimate of drug-likeness (QED) is 0.793. The summed E-state index contributed by atoms with van der Waals surface area (Å²) < 4.78 is 0. The van der Waals surface area contributed by atoms with Crippen LogP contribution in [0.4, 0.5) is 0 Å². The van der Waals surface area contributed by atoms with Gasteiger partial charge in [-0.3, -0.25) is 4.90 Å². The van der Waals surface area contributed by atoms with Crippen LogP contribution in [0, 0.1) is 0 Å². The van der Waals surface area contributed by atoms with Crippen molar-refractivity contribution in [2.75, 3.05) is 13.1 Å². The molecule has 16 heavy (non-hydrogen) atoms. The maximum atomic E-state index is 6.36. The Labute approximate surface area is 103 Å². The third-order valence-electron chi connectivity index (χ3n) is 3.35. The van der Waals surface area contributed by atoms with Gasteiger partial charge in [-0.15, -0.1) is 11.3 Å². The molecule has 0 saturated carbocycles. The molecule has 0 aliphatic heterocycles. The molecule has 1 aromatic heterocycles. The summed E-state index contributed by atoms with van der Waals surface area (Å²) >= 11 is 1.83. The van der Waals surface area contributed by atoms with E-state index >= 15 is 0 Å². The predicted octanol–water partition coefficient (Wildman–Crippen LogP) is 3.09. The summed E-state index contributed by atoms with van der Waals surface area (Å²) in [6.45, 7) is 9.67. The van der Waals surface area contributed by atoms with Crippen LogP contribution in [-0.4, -0.2) is 23.5 Å². The van der Waals surface area contributed by atoms with Crippen molar-refractivity contribution in [3.63, 3.8) is 0 Å². The highest BCUT2D eigenvalue weighted by atomic mass is 32.1. The topological polar surface area (TPSA) is 29.3 Å². The van der Waals surface area contributed by atoms with E-state index in [-0.39, 0.29) is 5.54 Å². The van der Waals surface area contributed by atoms with Gasteiger partial charge in [-0.1, -0.05) is 26.8 Å². The second kappa shape index (κ2) is 6.38. The van der Waals surface area contributed by atoms with Gasteiger partial charge in [0.25, 0.3) is 0 Å². The molecule has 2 nitrogen and oxygen atoms in total. The van der Waals surface area contributed by atoms with E-state index in [1.165, 1.54) is 4.88 Å². The number of likely N-dealkylation sites (N-methyl/N-ethyl adjacent to an activating group) is 1. The van der Waals surface area contributed by atoms with Crippen LogP contribution < -0.4 is 5.73 Å². The zero-order chi connectivity index (χ0) is 12.0. The maximum absolute atomic E-state index is 6.36. The van der Waals surface area contributed by atoms with E-state index in [0.717, 1.165) is 32.5 Å². The summed E-state index contributed by atoms with van der Waals surface area (Å²) in [5, 5.41) is 2.14. The highest BCUT2D eigenvalue weighted by Gasteiger charge is 2.23. The first-order valence-corrected chi connectivity index (χ1v) is 7.05. The Morgan fingerprint density at radius 2 is 2.00 bits per heavy atom. The Kier molecular flexibility index (Phi) is 5.46. The fourth-order valence-corrected chi connectivity index (χ4v) is 2.57. The van der Waals surface area contributed by atoms with Crippen molar-refractivity contribution in [3.05, 3.63) is 22.4 Å². The molecule has 0 amide bonds. The van der Waals surface area contributed by atoms with E-state index in [1.54, 1.807) is 0 Å². The van der Waals surface area contributed by atoms with Crippen LogP contribution in [0.1, 0.15) is 38.5 Å². The number of hydrogen-bond acceptors (Lipinski definition) is 3. The van der Waals surface area contributed by atoms with Gasteiger partial charge in [0.2, 0.25) is 0 Å². The first-order chi connectivity index (χ1) is 7.63. The van der Waals surface area contributed by atoms with Crippen LogP contribution in [-0.2, 0) is 6.54 Å². The smallest absolute Gasteiger partial charge is 0.0328 e. The van der Waals surface area contributed by atoms with Crippen LogP contribution >= 0.6 is 11.3 Å². The van der Waals surface area contributed by atoms with Crippen LogP contribution in [0.3, 0.4) is 0 Å². The average molecular weight is 240 g/mol. The fraction of sp³-hybridized carbons (Fsp3) is 0.692. The van der Waals surface area contributed by atoms with Crippen LogP contribution in [0.2, 0.25) is 0 Å². The van der Waals surface area contributed by atoms with E-state index in [1.807, 2.05) is 11.3 Å². The minimum atomic E-state index is -0.0206. The zero-order valence-electron chi connectivity index (χ0n) is 10.7. The molecule has 1 heterocycles. The molecule has 1 rings (SSSR count). The Bertz CT molecular complexity index is 278. The third kappa shape index (κ3) is 3.89. The Morgan fingerprint density at radius 1 is 1.31 bits per heavy atom. The predicted molar refractivity (Wildman–Crippen MR) is 72.8 cm³/mol. The molecule has 0 spiro atoms. The van der Waals surface area contributed by atoms with Gasteiger partial charge in [-0.25, -0.2) is 0 Å². The molecule has 1 aromatic rings. The van der Waals surface area contributed by atoms with Crippen molar-refractivity contribution >= 4 is 11.3 Å². The molecule has 92 valence electrons. The number of rotatable bonds is 7. The Balaban J connectivity index is 2.55. The SMILES string of the molecule is CCN(Cc1cccs1)CC(N)(CC)CC. The average Bonchev–Trinajstić information content (AvgIpc) is 2.80. The summed E-state index contributed by atoms with van der Waals surface area (Å²) in [5.74, 6) is 0. The van der Waals surface area contributed by atoms with Crippen molar-refractivity contribution in [2.24, 2.45) is 5.73 Å². The second-order valence-corrected chi connectivity index (χ2v) is 5.48. The van der Waals surface area contributed by atoms with Crippen LogP contribution in [0.15, 0.2) is 17.5 Å². The lowest BCUT2D eigenvalue weighted by molar-refractivity contribution is 0.201. The molecule has 0 aliphatic rings. The molecule has 3 heteroatoms. The molecule has 0 saturated heterocycles. The summed E-state index contributed by atoms with van der Waals surface area (Å²) in [6, 6.07) is 4.31. The molecule has 0 fully saturated rings. The molecule has 0 atom stereocenters. The monoisotopic (exact) mass is 240 g/mol. The number of thiophene rings is 1. The minimum absolute atomic E-state index is 0.0206. The Hall–Kier alpha value is -0.380. The maximum Gasteiger partial charge on any atom is 0.0328 e. The highest BCUT2D eigenvalue weighted by Crippen LogP contribution is 2.17. The highest BCUT2D eigenvalue weighted by molar-refractivity contribution is 7.09. The second-order valence-electron chi connectivity index (χ2n) is 4.45. The first kappa shape index (κ1) is 13.7. The number of hydrogen-bond donors (Lipinski definition) is 1. The number of nitrogens with zero attached hydrogens (tertiary/aromatic N) is 1. The Morgan fingerprint density at radius 3 is 2.44 bits per heavy atom. The van der Waals surface area contributed by atoms with E-state index < -0.39 is 0 Å². The molecular formula is C13H24N2S. The minimum Gasteiger partial charge on any atom is -0.324 e. The third-order valence-corrected chi connectivity index (χ3v) is 4.21. The lowest BCUT2D eigenvalue weighted by Gasteiger charge is -2.33. The standard InChI is InChI=1S/C13H24N2S/c1-4-13(14,5-2)11-15(6-3)10-12-8-7-9-16-12/h7-9H,4-6,10-11,14H2,1-3H3. The van der Waals surface area contributed by atoms with Gasteiger partial charge in [-0.2, -0.15) is 0 Å². The van der Waals surface area contributed by atoms with Crippen LogP contribution in [0.25, 0.3) is 0 Å². The summed E-state index contributed by atoms with van der Waals surface area (Å²) in [5.41, 5.74) is 6.34. The van der Waals surface area contributed by atoms with Gasteiger partial charge in [0.1, 0.15) is 0 Å². The molecule has 0 aromatic carbocycles. The van der Waals surface area contributed by atoms with Crippen LogP contribution in [0.5, 0.6) is 0 Å². The summed E-state index contributed by atoms with van der Waals surface area (Å²) in [6.07, 6.45) is 2.09. The lowest BCUT2D eigenvalue weighted by Crippen LogP contribution is -2.49. The fourth-order valence-electron chi connectivity index (χ4n) is 1.82. The van der Waals surface area contributed by atoms with E-state index in [4.69, 9.17) is 5.73 Å². The van der Waals surface area contributed by atoms with E-state index in [0.29, 0.717) is 0 Å². The molecule has 0 bridgehead atoms. The molecule has 0 unspecified atom stereocenters. The largest absolute Gasteiger partial charge is 0.324 e. The van der Waals surface area contributed by atoms with Gasteiger partial charge < -0.3 is 5.73 Å². The van der Waals surface area contributed by atoms with E-state index in [2.05, 4.69) is 43.2 Å². The van der Waals surface area contributed by atoms with Crippen molar-refractivity contribution in [3.8, 4) is 0 Å². The van der Waals surface area contributed by atoms with Crippen molar-refractivity contribution in [1.82, 2.24) is 4.90 Å². The summed E-state index contributed by atoms with van der Waals surface area (Å²) in [4.78, 5) is 3.87. The normalized spacial score (nSPS) is 12.3. The van der Waals surface area contributed by atoms with Gasteiger partial charge in [0, 0.05) is 23.5 Å². The van der Waals surface area contributed by atoms with E-state index in [9.17, 15) is 0 Å². The molecular weight excluding hydrogens is 216 g/mol. The summed E-state index contributed by atoms with van der Waals surface area (Å²) in [7, 11) is 0. The van der Waals surface area contributed by atoms with Gasteiger partial charge in [-0.05, 0) is 30.8 Å². The van der Waals surface area contributed by atoms with Crippen molar-refractivity contribution < 1.29 is 0 Å². The van der Waals surface area contributed by atoms with Crippen molar-refractivity contribution in [2.45, 2.75) is 45.7 Å². The number of nitrogens with two attached hydrogens (primary N) is 1. The molecule has 2 N–H and O–H groups in total. The zero-order valence-corrected chi connectivity index (χ0v) is 11.5. The lowest BCUT2D eigenvalue weighted by atomic mass is 9.93. The van der Waals surface area contributed by atoms with Crippen molar-refractivity contribution in [1.29, 1.82) is 0 Å². The van der Waals surface area contributed by atoms with Gasteiger partial charge in [0.15, 0.2) is 0 Å². The molecule has 0 radical (unpaired) electrons. The molecule has 0 aliphatic carbocycles.